The molecule has 1 atom stereocenters. The molecule has 0 bridgehead atoms. The lowest BCUT2D eigenvalue weighted by molar-refractivity contribution is 0.181. The van der Waals surface area contributed by atoms with Crippen LogP contribution in [0.15, 0.2) is 79.0 Å². The van der Waals surface area contributed by atoms with Crippen molar-refractivity contribution in [1.29, 1.82) is 0 Å². The smallest absolute Gasteiger partial charge is 0.0701 e. The molecule has 29 heavy (non-hydrogen) atoms. The molecule has 1 N–H and O–H groups in total. The third-order valence-corrected chi connectivity index (χ3v) is 6.04. The van der Waals surface area contributed by atoms with Crippen molar-refractivity contribution in [2.75, 3.05) is 24.5 Å². The molecule has 1 fully saturated rings. The van der Waals surface area contributed by atoms with Gasteiger partial charge in [0.25, 0.3) is 0 Å². The lowest BCUT2D eigenvalue weighted by Gasteiger charge is -2.41. The Kier molecular flexibility index (Phi) is 4.78. The molecule has 1 saturated heterocycles. The molecule has 0 unspecified atom stereocenters. The molecule has 0 radical (unpaired) electrons. The Hall–Kier alpha value is -3.11. The first-order chi connectivity index (χ1) is 14.3. The Bertz CT molecular complexity index is 1100. The van der Waals surface area contributed by atoms with Gasteiger partial charge in [0.15, 0.2) is 0 Å². The summed E-state index contributed by atoms with van der Waals surface area (Å²) in [5.74, 6) is 0. The maximum absolute atomic E-state index is 4.40. The maximum atomic E-state index is 4.40. The van der Waals surface area contributed by atoms with E-state index in [0.29, 0.717) is 6.04 Å². The number of piperazine rings is 1. The van der Waals surface area contributed by atoms with Crippen LogP contribution >= 0.6 is 0 Å². The predicted molar refractivity (Wildman–Crippen MR) is 120 cm³/mol. The summed E-state index contributed by atoms with van der Waals surface area (Å²) in [6.07, 6.45) is 1.99. The molecule has 3 aromatic carbocycles. The summed E-state index contributed by atoms with van der Waals surface area (Å²) in [5.41, 5.74) is 4.95. The first kappa shape index (κ1) is 18.0. The lowest BCUT2D eigenvalue weighted by Crippen LogP contribution is -2.51. The fourth-order valence-electron chi connectivity index (χ4n) is 4.43. The van der Waals surface area contributed by atoms with E-state index in [1.54, 1.807) is 0 Å². The van der Waals surface area contributed by atoms with Crippen molar-refractivity contribution in [2.45, 2.75) is 19.5 Å². The SMILES string of the molecule is C[C@H]1CN(c2ccccc2)CCN1Cc1cn[nH]c1-c1cccc2ccccc12. The number of aromatic nitrogens is 2. The van der Waals surface area contributed by atoms with E-state index in [4.69, 9.17) is 0 Å². The molecule has 4 heteroatoms. The summed E-state index contributed by atoms with van der Waals surface area (Å²) in [6.45, 7) is 6.39. The van der Waals surface area contributed by atoms with Gasteiger partial charge in [0.2, 0.25) is 0 Å². The standard InChI is InChI=1S/C25H26N4/c1-19-17-29(22-10-3-2-4-11-22)15-14-28(19)18-21-16-26-27-25(21)24-13-7-9-20-8-5-6-12-23(20)24/h2-13,16,19H,14-15,17-18H2,1H3,(H,26,27)/t19-/m0/s1. The van der Waals surface area contributed by atoms with Crippen molar-refractivity contribution in [1.82, 2.24) is 15.1 Å². The Balaban J connectivity index is 1.37. The molecule has 0 amide bonds. The van der Waals surface area contributed by atoms with E-state index in [9.17, 15) is 0 Å². The van der Waals surface area contributed by atoms with E-state index in [-0.39, 0.29) is 0 Å². The summed E-state index contributed by atoms with van der Waals surface area (Å²) >= 11 is 0. The van der Waals surface area contributed by atoms with Crippen LogP contribution in [0.2, 0.25) is 0 Å². The molecule has 2 heterocycles. The summed E-state index contributed by atoms with van der Waals surface area (Å²) in [6, 6.07) is 26.3. The van der Waals surface area contributed by atoms with Gasteiger partial charge in [0.1, 0.15) is 0 Å². The van der Waals surface area contributed by atoms with E-state index in [0.717, 1.165) is 31.9 Å². The number of nitrogens with zero attached hydrogens (tertiary/aromatic N) is 3. The highest BCUT2D eigenvalue weighted by atomic mass is 15.3. The zero-order valence-corrected chi connectivity index (χ0v) is 16.8. The van der Waals surface area contributed by atoms with E-state index < -0.39 is 0 Å². The van der Waals surface area contributed by atoms with Gasteiger partial charge < -0.3 is 4.90 Å². The van der Waals surface area contributed by atoms with E-state index in [1.165, 1.54) is 27.6 Å². The summed E-state index contributed by atoms with van der Waals surface area (Å²) in [4.78, 5) is 5.06. The number of hydrogen-bond acceptors (Lipinski definition) is 3. The van der Waals surface area contributed by atoms with Crippen LogP contribution in [0.4, 0.5) is 5.69 Å². The van der Waals surface area contributed by atoms with Gasteiger partial charge in [-0.15, -0.1) is 0 Å². The quantitative estimate of drug-likeness (QED) is 0.543. The van der Waals surface area contributed by atoms with Crippen LogP contribution in [-0.2, 0) is 6.54 Å². The Morgan fingerprint density at radius 2 is 1.72 bits per heavy atom. The number of rotatable bonds is 4. The zero-order chi connectivity index (χ0) is 19.6. The molecule has 1 aliphatic heterocycles. The Morgan fingerprint density at radius 1 is 0.931 bits per heavy atom. The van der Waals surface area contributed by atoms with Crippen molar-refractivity contribution in [2.24, 2.45) is 0 Å². The molecule has 0 saturated carbocycles. The van der Waals surface area contributed by atoms with Crippen LogP contribution in [0.1, 0.15) is 12.5 Å². The Morgan fingerprint density at radius 3 is 2.59 bits per heavy atom. The first-order valence-electron chi connectivity index (χ1n) is 10.3. The van der Waals surface area contributed by atoms with Gasteiger partial charge in [0, 0.05) is 49.0 Å². The molecule has 5 rings (SSSR count). The number of H-pyrrole nitrogens is 1. The van der Waals surface area contributed by atoms with E-state index in [2.05, 4.69) is 99.7 Å². The second-order valence-corrected chi connectivity index (χ2v) is 7.90. The van der Waals surface area contributed by atoms with Crippen LogP contribution in [0.5, 0.6) is 0 Å². The second-order valence-electron chi connectivity index (χ2n) is 7.90. The highest BCUT2D eigenvalue weighted by Gasteiger charge is 2.25. The fraction of sp³-hybridized carbons (Fsp3) is 0.240. The van der Waals surface area contributed by atoms with Crippen molar-refractivity contribution in [3.63, 3.8) is 0 Å². The summed E-state index contributed by atoms with van der Waals surface area (Å²) < 4.78 is 0. The minimum absolute atomic E-state index is 0.485. The molecule has 4 aromatic rings. The number of nitrogens with one attached hydrogen (secondary N) is 1. The molecule has 0 aliphatic carbocycles. The minimum Gasteiger partial charge on any atom is -0.369 e. The summed E-state index contributed by atoms with van der Waals surface area (Å²) in [7, 11) is 0. The van der Waals surface area contributed by atoms with Gasteiger partial charge in [-0.25, -0.2) is 0 Å². The average molecular weight is 383 g/mol. The first-order valence-corrected chi connectivity index (χ1v) is 10.3. The van der Waals surface area contributed by atoms with E-state index in [1.807, 2.05) is 6.20 Å². The lowest BCUT2D eigenvalue weighted by atomic mass is 9.99. The van der Waals surface area contributed by atoms with Gasteiger partial charge in [-0.2, -0.15) is 5.10 Å². The Labute approximate surface area is 171 Å². The van der Waals surface area contributed by atoms with Crippen molar-refractivity contribution in [3.05, 3.63) is 84.6 Å². The predicted octanol–water partition coefficient (Wildman–Crippen LogP) is 4.94. The number of para-hydroxylation sites is 1. The molecule has 1 aliphatic rings. The van der Waals surface area contributed by atoms with Crippen LogP contribution < -0.4 is 4.90 Å². The van der Waals surface area contributed by atoms with Crippen LogP contribution in [0.3, 0.4) is 0 Å². The van der Waals surface area contributed by atoms with Gasteiger partial charge >= 0.3 is 0 Å². The molecule has 0 spiro atoms. The number of fused-ring (bicyclic) bond motifs is 1. The monoisotopic (exact) mass is 382 g/mol. The number of benzene rings is 3. The molecular weight excluding hydrogens is 356 g/mol. The second kappa shape index (κ2) is 7.72. The number of anilines is 1. The van der Waals surface area contributed by atoms with Crippen molar-refractivity contribution in [3.8, 4) is 11.3 Å². The van der Waals surface area contributed by atoms with Crippen LogP contribution in [0.25, 0.3) is 22.0 Å². The molecule has 1 aromatic heterocycles. The van der Waals surface area contributed by atoms with E-state index >= 15 is 0 Å². The largest absolute Gasteiger partial charge is 0.369 e. The normalized spacial score (nSPS) is 17.7. The molecular formula is C25H26N4. The number of hydrogen-bond donors (Lipinski definition) is 1. The van der Waals surface area contributed by atoms with Crippen LogP contribution in [-0.4, -0.2) is 40.8 Å². The van der Waals surface area contributed by atoms with Gasteiger partial charge in [-0.3, -0.25) is 10.00 Å². The summed E-state index contributed by atoms with van der Waals surface area (Å²) in [5, 5.41) is 10.2. The minimum atomic E-state index is 0.485. The average Bonchev–Trinajstić information content (AvgIpc) is 3.23. The molecule has 4 nitrogen and oxygen atoms in total. The number of aromatic amines is 1. The van der Waals surface area contributed by atoms with Crippen LogP contribution in [0, 0.1) is 0 Å². The fourth-order valence-corrected chi connectivity index (χ4v) is 4.43. The molecule has 146 valence electrons. The third kappa shape index (κ3) is 3.52. The van der Waals surface area contributed by atoms with Crippen molar-refractivity contribution < 1.29 is 0 Å². The highest BCUT2D eigenvalue weighted by molar-refractivity contribution is 5.96. The zero-order valence-electron chi connectivity index (χ0n) is 16.8. The maximum Gasteiger partial charge on any atom is 0.0701 e. The van der Waals surface area contributed by atoms with Gasteiger partial charge in [0.05, 0.1) is 11.9 Å². The van der Waals surface area contributed by atoms with Gasteiger partial charge in [-0.1, -0.05) is 60.7 Å². The van der Waals surface area contributed by atoms with Gasteiger partial charge in [-0.05, 0) is 29.8 Å². The highest BCUT2D eigenvalue weighted by Crippen LogP contribution is 2.30. The van der Waals surface area contributed by atoms with Crippen molar-refractivity contribution >= 4 is 16.5 Å². The third-order valence-electron chi connectivity index (χ3n) is 6.04. The topological polar surface area (TPSA) is 35.2 Å².